The quantitative estimate of drug-likeness (QED) is 0.412. The summed E-state index contributed by atoms with van der Waals surface area (Å²) in [5.74, 6) is 1.42. The van der Waals surface area contributed by atoms with Gasteiger partial charge in [-0.1, -0.05) is 5.22 Å². The second-order valence-electron chi connectivity index (χ2n) is 7.83. The van der Waals surface area contributed by atoms with Gasteiger partial charge in [-0.3, -0.25) is 9.67 Å². The summed E-state index contributed by atoms with van der Waals surface area (Å²) in [6.45, 7) is 0.663. The predicted octanol–water partition coefficient (Wildman–Crippen LogP) is 3.38. The molecule has 1 aliphatic rings. The standard InChI is InChI=1S/C23H25N9O2/c1-31-14-15(12-25-31)22-13-24-20-5-4-16(10-21(20)26-22)32(7-6-23-27-29-30-28-23)17-8-18(33-2)11-19(9-17)34-3/h4-5,8-14,23H,6-7H2,1-3H3,(H,27,30)(H,28,29). The molecule has 0 saturated heterocycles. The fraction of sp³-hybridized carbons (Fsp3) is 0.261. The van der Waals surface area contributed by atoms with Crippen molar-refractivity contribution in [2.45, 2.75) is 12.6 Å². The van der Waals surface area contributed by atoms with Gasteiger partial charge in [0.25, 0.3) is 0 Å². The highest BCUT2D eigenvalue weighted by molar-refractivity contribution is 5.82. The van der Waals surface area contributed by atoms with Gasteiger partial charge in [-0.15, -0.1) is 5.11 Å². The average Bonchev–Trinajstić information content (AvgIpc) is 3.55. The van der Waals surface area contributed by atoms with Crippen molar-refractivity contribution in [3.63, 3.8) is 0 Å². The number of aromatic nitrogens is 4. The Labute approximate surface area is 196 Å². The first-order valence-corrected chi connectivity index (χ1v) is 10.8. The van der Waals surface area contributed by atoms with E-state index in [1.54, 1.807) is 31.3 Å². The molecule has 174 valence electrons. The van der Waals surface area contributed by atoms with E-state index in [1.165, 1.54) is 0 Å². The third-order valence-electron chi connectivity index (χ3n) is 5.59. The van der Waals surface area contributed by atoms with Crippen LogP contribution in [0.1, 0.15) is 6.42 Å². The SMILES string of the molecule is COc1cc(OC)cc(N(CCC2N=NNN2)c2ccc3ncc(-c4cnn(C)c4)nc3c2)c1. The molecule has 34 heavy (non-hydrogen) atoms. The number of aryl methyl sites for hydroxylation is 1. The van der Waals surface area contributed by atoms with Crippen LogP contribution in [-0.2, 0) is 7.05 Å². The minimum absolute atomic E-state index is 0.118. The Bertz CT molecular complexity index is 1320. The highest BCUT2D eigenvalue weighted by Gasteiger charge is 2.18. The minimum atomic E-state index is -0.118. The van der Waals surface area contributed by atoms with E-state index in [-0.39, 0.29) is 6.17 Å². The molecule has 0 aliphatic carbocycles. The van der Waals surface area contributed by atoms with Crippen LogP contribution in [0.3, 0.4) is 0 Å². The average molecular weight is 460 g/mol. The number of methoxy groups -OCH3 is 2. The van der Waals surface area contributed by atoms with Gasteiger partial charge in [-0.25, -0.2) is 10.5 Å². The van der Waals surface area contributed by atoms with Crippen molar-refractivity contribution in [1.82, 2.24) is 30.7 Å². The maximum atomic E-state index is 5.51. The molecular formula is C23H25N9O2. The predicted molar refractivity (Wildman–Crippen MR) is 128 cm³/mol. The van der Waals surface area contributed by atoms with Crippen molar-refractivity contribution >= 4 is 22.4 Å². The van der Waals surface area contributed by atoms with Crippen LogP contribution in [-0.4, -0.2) is 46.7 Å². The topological polar surface area (TPSA) is 114 Å². The Balaban J connectivity index is 1.55. The van der Waals surface area contributed by atoms with E-state index in [1.807, 2.05) is 49.6 Å². The van der Waals surface area contributed by atoms with Crippen LogP contribution in [0.25, 0.3) is 22.3 Å². The van der Waals surface area contributed by atoms with E-state index in [0.29, 0.717) is 18.0 Å². The summed E-state index contributed by atoms with van der Waals surface area (Å²) in [6.07, 6.45) is 6.08. The zero-order chi connectivity index (χ0) is 23.5. The zero-order valence-electron chi connectivity index (χ0n) is 19.1. The Kier molecular flexibility index (Phi) is 5.91. The zero-order valence-corrected chi connectivity index (χ0v) is 19.1. The van der Waals surface area contributed by atoms with Crippen molar-refractivity contribution in [3.8, 4) is 22.8 Å². The van der Waals surface area contributed by atoms with E-state index in [0.717, 1.165) is 40.1 Å². The molecule has 0 spiro atoms. The van der Waals surface area contributed by atoms with Crippen molar-refractivity contribution < 1.29 is 9.47 Å². The molecule has 2 N–H and O–H groups in total. The summed E-state index contributed by atoms with van der Waals surface area (Å²) in [7, 11) is 5.16. The maximum Gasteiger partial charge on any atom is 0.142 e. The summed E-state index contributed by atoms with van der Waals surface area (Å²) in [6, 6.07) is 11.9. The Morgan fingerprint density at radius 1 is 1.00 bits per heavy atom. The highest BCUT2D eigenvalue weighted by atomic mass is 16.5. The van der Waals surface area contributed by atoms with Crippen molar-refractivity contribution in [3.05, 3.63) is 55.0 Å². The molecular weight excluding hydrogens is 434 g/mol. The van der Waals surface area contributed by atoms with Crippen molar-refractivity contribution in [2.75, 3.05) is 25.7 Å². The van der Waals surface area contributed by atoms with E-state index in [9.17, 15) is 0 Å². The van der Waals surface area contributed by atoms with Crippen LogP contribution in [0.5, 0.6) is 11.5 Å². The number of hydrogen-bond donors (Lipinski definition) is 2. The van der Waals surface area contributed by atoms with Gasteiger partial charge in [-0.05, 0) is 18.2 Å². The Morgan fingerprint density at radius 3 is 2.50 bits per heavy atom. The highest BCUT2D eigenvalue weighted by Crippen LogP contribution is 2.34. The third kappa shape index (κ3) is 4.46. The molecule has 2 aromatic heterocycles. The van der Waals surface area contributed by atoms with Crippen molar-refractivity contribution in [1.29, 1.82) is 0 Å². The number of hydrogen-bond acceptors (Lipinski definition) is 10. The van der Waals surface area contributed by atoms with Crippen LogP contribution in [0.2, 0.25) is 0 Å². The lowest BCUT2D eigenvalue weighted by Gasteiger charge is -2.27. The largest absolute Gasteiger partial charge is 0.497 e. The monoisotopic (exact) mass is 459 g/mol. The summed E-state index contributed by atoms with van der Waals surface area (Å²) in [5, 5.41) is 12.2. The van der Waals surface area contributed by atoms with Gasteiger partial charge in [0.05, 0.1) is 43.3 Å². The summed E-state index contributed by atoms with van der Waals surface area (Å²) in [5.41, 5.74) is 10.9. The molecule has 0 fully saturated rings. The van der Waals surface area contributed by atoms with Gasteiger partial charge in [0.2, 0.25) is 0 Å². The molecule has 0 saturated carbocycles. The summed E-state index contributed by atoms with van der Waals surface area (Å²) >= 11 is 0. The first kappa shape index (κ1) is 21.6. The molecule has 0 bridgehead atoms. The van der Waals surface area contributed by atoms with E-state index >= 15 is 0 Å². The smallest absolute Gasteiger partial charge is 0.142 e. The molecule has 11 heteroatoms. The first-order valence-electron chi connectivity index (χ1n) is 10.8. The molecule has 1 aliphatic heterocycles. The molecule has 0 radical (unpaired) electrons. The van der Waals surface area contributed by atoms with Gasteiger partial charge in [-0.2, -0.15) is 10.5 Å². The number of ether oxygens (including phenoxy) is 2. The lowest BCUT2D eigenvalue weighted by molar-refractivity contribution is 0.394. The lowest BCUT2D eigenvalue weighted by atomic mass is 10.1. The number of fused-ring (bicyclic) bond motifs is 1. The molecule has 1 atom stereocenters. The van der Waals surface area contributed by atoms with Crippen LogP contribution < -0.4 is 25.3 Å². The molecule has 2 aromatic carbocycles. The van der Waals surface area contributed by atoms with Gasteiger partial charge >= 0.3 is 0 Å². The second kappa shape index (κ2) is 9.32. The number of nitrogens with one attached hydrogen (secondary N) is 2. The first-order chi connectivity index (χ1) is 16.6. The van der Waals surface area contributed by atoms with Gasteiger partial charge in [0.1, 0.15) is 17.7 Å². The fourth-order valence-corrected chi connectivity index (χ4v) is 3.83. The lowest BCUT2D eigenvalue weighted by Crippen LogP contribution is -2.33. The van der Waals surface area contributed by atoms with Gasteiger partial charge in [0, 0.05) is 61.3 Å². The molecule has 5 rings (SSSR count). The number of benzene rings is 2. The maximum absolute atomic E-state index is 5.51. The van der Waals surface area contributed by atoms with Crippen LogP contribution in [0.4, 0.5) is 11.4 Å². The number of nitrogens with zero attached hydrogens (tertiary/aromatic N) is 7. The van der Waals surface area contributed by atoms with Crippen molar-refractivity contribution in [2.24, 2.45) is 17.4 Å². The Morgan fingerprint density at radius 2 is 1.82 bits per heavy atom. The molecule has 1 unspecified atom stereocenters. The minimum Gasteiger partial charge on any atom is -0.497 e. The summed E-state index contributed by atoms with van der Waals surface area (Å²) < 4.78 is 12.8. The fourth-order valence-electron chi connectivity index (χ4n) is 3.83. The molecule has 0 amide bonds. The van der Waals surface area contributed by atoms with Crippen LogP contribution in [0, 0.1) is 0 Å². The Hall–Kier alpha value is -4.25. The molecule has 3 heterocycles. The van der Waals surface area contributed by atoms with E-state index in [2.05, 4.69) is 36.3 Å². The number of hydrazine groups is 1. The molecule has 11 nitrogen and oxygen atoms in total. The normalized spacial score (nSPS) is 14.9. The summed E-state index contributed by atoms with van der Waals surface area (Å²) in [4.78, 5) is 11.6. The molecule has 4 aromatic rings. The second-order valence-corrected chi connectivity index (χ2v) is 7.83. The van der Waals surface area contributed by atoms with Gasteiger partial charge in [0.15, 0.2) is 0 Å². The third-order valence-corrected chi connectivity index (χ3v) is 5.59. The van der Waals surface area contributed by atoms with Crippen LogP contribution >= 0.6 is 0 Å². The number of rotatable bonds is 8. The van der Waals surface area contributed by atoms with E-state index < -0.39 is 0 Å². The van der Waals surface area contributed by atoms with Gasteiger partial charge < -0.3 is 14.4 Å². The number of anilines is 2. The van der Waals surface area contributed by atoms with Crippen LogP contribution in [0.15, 0.2) is 65.3 Å². The van der Waals surface area contributed by atoms with E-state index in [4.69, 9.17) is 14.5 Å².